The highest BCUT2D eigenvalue weighted by molar-refractivity contribution is 7.10. The molecule has 5 heteroatoms. The average Bonchev–Trinajstić information content (AvgIpc) is 3.10. The maximum atomic E-state index is 12.6. The van der Waals surface area contributed by atoms with Gasteiger partial charge in [-0.2, -0.15) is 0 Å². The second-order valence-electron chi connectivity index (χ2n) is 6.44. The first-order chi connectivity index (χ1) is 10.7. The number of imide groups is 1. The lowest BCUT2D eigenvalue weighted by Gasteiger charge is -2.35. The van der Waals surface area contributed by atoms with E-state index in [1.54, 1.807) is 0 Å². The summed E-state index contributed by atoms with van der Waals surface area (Å²) >= 11 is 1.81. The molecule has 3 heterocycles. The molecule has 0 unspecified atom stereocenters. The Morgan fingerprint density at radius 3 is 2.55 bits per heavy atom. The average molecular weight is 316 g/mol. The second kappa shape index (κ2) is 5.32. The number of rotatable bonds is 2. The van der Waals surface area contributed by atoms with Gasteiger partial charge in [0.1, 0.15) is 0 Å². The van der Waals surface area contributed by atoms with Gasteiger partial charge in [-0.05, 0) is 43.2 Å². The van der Waals surface area contributed by atoms with E-state index in [2.05, 4.69) is 23.3 Å². The van der Waals surface area contributed by atoms with Crippen molar-refractivity contribution in [1.29, 1.82) is 0 Å². The van der Waals surface area contributed by atoms with Crippen molar-refractivity contribution >= 4 is 23.2 Å². The molecule has 1 fully saturated rings. The molecule has 0 radical (unpaired) electrons. The van der Waals surface area contributed by atoms with Crippen LogP contribution in [-0.4, -0.2) is 34.8 Å². The van der Waals surface area contributed by atoms with Gasteiger partial charge >= 0.3 is 0 Å². The highest BCUT2D eigenvalue weighted by atomic mass is 32.1. The second-order valence-corrected chi connectivity index (χ2v) is 7.44. The first-order valence-corrected chi connectivity index (χ1v) is 8.85. The van der Waals surface area contributed by atoms with Gasteiger partial charge in [0.15, 0.2) is 0 Å². The number of likely N-dealkylation sites (tertiary alicyclic amines) is 1. The van der Waals surface area contributed by atoms with Crippen molar-refractivity contribution in [3.05, 3.63) is 34.0 Å². The maximum Gasteiger partial charge on any atom is 0.234 e. The molecule has 0 spiro atoms. The zero-order valence-electron chi connectivity index (χ0n) is 12.7. The number of nitrogens with zero attached hydrogens (tertiary/aromatic N) is 2. The third kappa shape index (κ3) is 2.07. The van der Waals surface area contributed by atoms with E-state index in [-0.39, 0.29) is 29.7 Å². The van der Waals surface area contributed by atoms with Crippen molar-refractivity contribution in [2.75, 3.05) is 13.2 Å². The van der Waals surface area contributed by atoms with Crippen LogP contribution in [0, 0.1) is 11.8 Å². The maximum absolute atomic E-state index is 12.6. The lowest BCUT2D eigenvalue weighted by Crippen LogP contribution is -2.45. The van der Waals surface area contributed by atoms with Gasteiger partial charge in [0, 0.05) is 17.5 Å². The van der Waals surface area contributed by atoms with E-state index in [1.165, 1.54) is 15.3 Å². The zero-order valence-corrected chi connectivity index (χ0v) is 13.5. The minimum absolute atomic E-state index is 0.0302. The van der Waals surface area contributed by atoms with Crippen LogP contribution in [0.2, 0.25) is 0 Å². The molecule has 22 heavy (non-hydrogen) atoms. The predicted molar refractivity (Wildman–Crippen MR) is 85.2 cm³/mol. The van der Waals surface area contributed by atoms with Gasteiger partial charge in [0.25, 0.3) is 0 Å². The van der Waals surface area contributed by atoms with Crippen LogP contribution in [-0.2, 0) is 16.0 Å². The number of allylic oxidation sites excluding steroid dienone is 2. The summed E-state index contributed by atoms with van der Waals surface area (Å²) in [4.78, 5) is 30.4. The molecule has 1 aromatic heterocycles. The highest BCUT2D eigenvalue weighted by Gasteiger charge is 2.47. The van der Waals surface area contributed by atoms with Crippen LogP contribution >= 0.6 is 11.3 Å². The van der Waals surface area contributed by atoms with Crippen LogP contribution in [0.1, 0.15) is 36.2 Å². The van der Waals surface area contributed by atoms with E-state index >= 15 is 0 Å². The molecular formula is C17H20N2O2S. The van der Waals surface area contributed by atoms with E-state index in [1.807, 2.05) is 23.5 Å². The molecule has 1 aliphatic carbocycles. The van der Waals surface area contributed by atoms with E-state index in [0.717, 1.165) is 25.8 Å². The molecule has 3 aliphatic rings. The highest BCUT2D eigenvalue weighted by Crippen LogP contribution is 2.37. The molecule has 116 valence electrons. The van der Waals surface area contributed by atoms with Gasteiger partial charge in [-0.25, -0.2) is 0 Å². The molecule has 4 nitrogen and oxygen atoms in total. The first kappa shape index (κ1) is 14.2. The normalized spacial score (nSPS) is 31.5. The number of fused-ring (bicyclic) bond motifs is 2. The van der Waals surface area contributed by atoms with Crippen LogP contribution in [0.3, 0.4) is 0 Å². The monoisotopic (exact) mass is 316 g/mol. The molecular weight excluding hydrogens is 296 g/mol. The van der Waals surface area contributed by atoms with Crippen LogP contribution in [0.4, 0.5) is 0 Å². The molecule has 0 N–H and O–H groups in total. The summed E-state index contributed by atoms with van der Waals surface area (Å²) in [5, 5.41) is 2.14. The third-order valence-corrected chi connectivity index (χ3v) is 6.32. The summed E-state index contributed by atoms with van der Waals surface area (Å²) in [6.45, 7) is 3.53. The quantitative estimate of drug-likeness (QED) is 0.622. The number of thiophene rings is 1. The zero-order chi connectivity index (χ0) is 15.3. The molecule has 4 rings (SSSR count). The van der Waals surface area contributed by atoms with Gasteiger partial charge in [0.2, 0.25) is 11.8 Å². The van der Waals surface area contributed by atoms with Crippen molar-refractivity contribution in [2.45, 2.75) is 32.2 Å². The summed E-state index contributed by atoms with van der Waals surface area (Å²) in [7, 11) is 0. The van der Waals surface area contributed by atoms with Crippen molar-refractivity contribution in [3.63, 3.8) is 0 Å². The lowest BCUT2D eigenvalue weighted by molar-refractivity contribution is -0.143. The first-order valence-electron chi connectivity index (χ1n) is 7.97. The molecule has 0 bridgehead atoms. The summed E-state index contributed by atoms with van der Waals surface area (Å²) in [6, 6.07) is 2.45. The minimum Gasteiger partial charge on any atom is -0.278 e. The Balaban J connectivity index is 1.52. The fourth-order valence-electron chi connectivity index (χ4n) is 3.94. The summed E-state index contributed by atoms with van der Waals surface area (Å²) in [5.74, 6) is -0.172. The summed E-state index contributed by atoms with van der Waals surface area (Å²) in [5.41, 5.74) is 1.36. The van der Waals surface area contributed by atoms with Crippen LogP contribution in [0.15, 0.2) is 23.6 Å². The summed E-state index contributed by atoms with van der Waals surface area (Å²) < 4.78 is 0. The third-order valence-electron chi connectivity index (χ3n) is 5.33. The predicted octanol–water partition coefficient (Wildman–Crippen LogP) is 2.58. The van der Waals surface area contributed by atoms with Gasteiger partial charge in [-0.3, -0.25) is 19.4 Å². The summed E-state index contributed by atoms with van der Waals surface area (Å²) in [6.07, 6.45) is 6.53. The standard InChI is InChI=1S/C17H20N2O2S/c1-11-12-7-9-22-15(12)6-8-18(11)10-19-16(20)13-4-2-3-5-14(13)17(19)21/h2-3,7,9,11,13-14H,4-6,8,10H2,1H3/t11-,13-,14+/m0/s1. The smallest absolute Gasteiger partial charge is 0.234 e. The Hall–Kier alpha value is -1.46. The number of carbonyl (C=O) groups excluding carboxylic acids is 2. The Morgan fingerprint density at radius 2 is 1.86 bits per heavy atom. The van der Waals surface area contributed by atoms with E-state index in [9.17, 15) is 9.59 Å². The number of hydrogen-bond acceptors (Lipinski definition) is 4. The minimum atomic E-state index is -0.116. The van der Waals surface area contributed by atoms with Crippen LogP contribution in [0.25, 0.3) is 0 Å². The SMILES string of the molecule is C[C@H]1c2ccsc2CCN1CN1C(=O)[C@H]2CC=CC[C@H]2C1=O. The lowest BCUT2D eigenvalue weighted by atomic mass is 9.85. The Bertz CT molecular complexity index is 625. The Morgan fingerprint density at radius 1 is 1.18 bits per heavy atom. The van der Waals surface area contributed by atoms with Gasteiger partial charge in [-0.15, -0.1) is 11.3 Å². The van der Waals surface area contributed by atoms with Crippen molar-refractivity contribution < 1.29 is 9.59 Å². The number of carbonyl (C=O) groups is 2. The van der Waals surface area contributed by atoms with Crippen molar-refractivity contribution in [1.82, 2.24) is 9.80 Å². The largest absolute Gasteiger partial charge is 0.278 e. The van der Waals surface area contributed by atoms with E-state index in [4.69, 9.17) is 0 Å². The fourth-order valence-corrected chi connectivity index (χ4v) is 4.91. The van der Waals surface area contributed by atoms with E-state index < -0.39 is 0 Å². The van der Waals surface area contributed by atoms with Gasteiger partial charge in [0.05, 0.1) is 18.5 Å². The van der Waals surface area contributed by atoms with Gasteiger partial charge < -0.3 is 0 Å². The van der Waals surface area contributed by atoms with Gasteiger partial charge in [-0.1, -0.05) is 12.2 Å². The molecule has 1 aromatic rings. The molecule has 2 amide bonds. The van der Waals surface area contributed by atoms with Crippen LogP contribution < -0.4 is 0 Å². The number of hydrogen-bond donors (Lipinski definition) is 0. The Labute approximate surface area is 134 Å². The topological polar surface area (TPSA) is 40.6 Å². The Kier molecular flexibility index (Phi) is 3.42. The molecule has 2 aliphatic heterocycles. The molecule has 0 saturated carbocycles. The van der Waals surface area contributed by atoms with Crippen molar-refractivity contribution in [3.8, 4) is 0 Å². The van der Waals surface area contributed by atoms with E-state index in [0.29, 0.717) is 6.67 Å². The molecule has 1 saturated heterocycles. The number of amides is 2. The molecule has 3 atom stereocenters. The fraction of sp³-hybridized carbons (Fsp3) is 0.529. The van der Waals surface area contributed by atoms with Crippen molar-refractivity contribution in [2.24, 2.45) is 11.8 Å². The molecule has 0 aromatic carbocycles. The van der Waals surface area contributed by atoms with Crippen LogP contribution in [0.5, 0.6) is 0 Å².